The minimum Gasteiger partial charge on any atom is -0.487 e. The Morgan fingerprint density at radius 3 is 2.80 bits per heavy atom. The first-order chi connectivity index (χ1) is 17.1. The smallest absolute Gasteiger partial charge is 0.257 e. The van der Waals surface area contributed by atoms with Crippen LogP contribution in [-0.4, -0.2) is 51.8 Å². The Bertz CT molecular complexity index is 1190. The van der Waals surface area contributed by atoms with E-state index >= 15 is 0 Å². The largest absolute Gasteiger partial charge is 0.487 e. The fourth-order valence-corrected chi connectivity index (χ4v) is 4.64. The summed E-state index contributed by atoms with van der Waals surface area (Å²) in [5.41, 5.74) is 2.81. The van der Waals surface area contributed by atoms with Gasteiger partial charge in [-0.25, -0.2) is 0 Å². The molecule has 35 heavy (non-hydrogen) atoms. The van der Waals surface area contributed by atoms with E-state index in [4.69, 9.17) is 9.47 Å². The van der Waals surface area contributed by atoms with E-state index in [1.165, 1.54) is 6.20 Å². The number of aromatic nitrogens is 2. The summed E-state index contributed by atoms with van der Waals surface area (Å²) < 4.78 is 12.1. The van der Waals surface area contributed by atoms with Crippen molar-refractivity contribution in [3.8, 4) is 5.75 Å². The third-order valence-electron chi connectivity index (χ3n) is 6.29. The summed E-state index contributed by atoms with van der Waals surface area (Å²) in [6.45, 7) is 0.125. The van der Waals surface area contributed by atoms with Crippen molar-refractivity contribution in [1.29, 1.82) is 0 Å². The van der Waals surface area contributed by atoms with E-state index in [9.17, 15) is 14.7 Å². The van der Waals surface area contributed by atoms with Crippen LogP contribution in [0.15, 0.2) is 67.1 Å². The highest BCUT2D eigenvalue weighted by atomic mass is 16.6. The Morgan fingerprint density at radius 1 is 1.11 bits per heavy atom. The van der Waals surface area contributed by atoms with E-state index < -0.39 is 6.10 Å². The van der Waals surface area contributed by atoms with Crippen LogP contribution in [0.25, 0.3) is 0 Å². The molecule has 3 N–H and O–H groups in total. The number of benzene rings is 1. The Hall–Kier alpha value is -3.82. The predicted molar refractivity (Wildman–Crippen MR) is 127 cm³/mol. The zero-order chi connectivity index (χ0) is 24.2. The number of nitrogens with zero attached hydrogens (tertiary/aromatic N) is 2. The van der Waals surface area contributed by atoms with Gasteiger partial charge < -0.3 is 25.2 Å². The second-order valence-corrected chi connectivity index (χ2v) is 8.65. The van der Waals surface area contributed by atoms with Gasteiger partial charge in [0.15, 0.2) is 0 Å². The molecule has 9 heteroatoms. The second-order valence-electron chi connectivity index (χ2n) is 8.65. The van der Waals surface area contributed by atoms with Crippen LogP contribution in [0.1, 0.15) is 40.4 Å². The summed E-state index contributed by atoms with van der Waals surface area (Å²) in [6, 6.07) is 14.4. The lowest BCUT2D eigenvalue weighted by molar-refractivity contribution is -0.142. The molecule has 3 aromatic rings. The molecule has 2 aliphatic heterocycles. The number of anilines is 1. The number of carbonyl (C=O) groups is 2. The number of nitrogens with one attached hydrogen (secondary N) is 2. The molecule has 1 aromatic carbocycles. The number of rotatable bonds is 7. The molecule has 2 aromatic heterocycles. The minimum atomic E-state index is -0.553. The predicted octanol–water partition coefficient (Wildman–Crippen LogP) is 2.43. The molecule has 0 spiro atoms. The lowest BCUT2D eigenvalue weighted by Crippen LogP contribution is -2.47. The highest BCUT2D eigenvalue weighted by molar-refractivity contribution is 6.04. The molecule has 2 amide bonds. The van der Waals surface area contributed by atoms with Gasteiger partial charge in [0.25, 0.3) is 5.91 Å². The molecule has 1 saturated heterocycles. The summed E-state index contributed by atoms with van der Waals surface area (Å²) in [4.78, 5) is 33.3. The number of carbonyl (C=O) groups excluding carboxylic acids is 2. The first-order valence-electron chi connectivity index (χ1n) is 11.6. The molecule has 4 heterocycles. The summed E-state index contributed by atoms with van der Waals surface area (Å²) in [5.74, 6) is 0.227. The molecule has 4 atom stereocenters. The zero-order valence-electron chi connectivity index (χ0n) is 19.0. The van der Waals surface area contributed by atoms with Crippen molar-refractivity contribution in [3.63, 3.8) is 0 Å². The van der Waals surface area contributed by atoms with Gasteiger partial charge in [0, 0.05) is 35.8 Å². The highest BCUT2D eigenvalue weighted by Gasteiger charge is 2.46. The van der Waals surface area contributed by atoms with Crippen LogP contribution < -0.4 is 15.4 Å². The van der Waals surface area contributed by atoms with Crippen molar-refractivity contribution >= 4 is 17.5 Å². The lowest BCUT2D eigenvalue weighted by Gasteiger charge is -2.37. The number of aliphatic hydroxyl groups excluding tert-OH is 1. The quantitative estimate of drug-likeness (QED) is 0.481. The minimum absolute atomic E-state index is 0.0697. The van der Waals surface area contributed by atoms with Gasteiger partial charge in [0.1, 0.15) is 18.0 Å². The van der Waals surface area contributed by atoms with Gasteiger partial charge in [-0.05, 0) is 48.9 Å². The van der Waals surface area contributed by atoms with E-state index in [2.05, 4.69) is 20.6 Å². The average molecular weight is 475 g/mol. The molecule has 0 bridgehead atoms. The van der Waals surface area contributed by atoms with Crippen molar-refractivity contribution in [2.45, 2.75) is 43.6 Å². The number of fused-ring (bicyclic) bond motifs is 3. The Labute approximate surface area is 202 Å². The van der Waals surface area contributed by atoms with Crippen molar-refractivity contribution in [1.82, 2.24) is 15.3 Å². The number of aliphatic hydroxyl groups is 1. The standard InChI is InChI=1S/C26H26N4O5/c31-15-23-25-21(11-19(34-23)12-24(32)29-14-18-5-1-2-9-28-18)20-10-17(6-7-22(20)35-25)30-26(33)16-4-3-8-27-13-16/h1-10,13,19,21,23,25,31H,11-12,14-15H2,(H,29,32)(H,30,33)/t19-,21-,23-,25+/m1/s1. The lowest BCUT2D eigenvalue weighted by atomic mass is 9.84. The summed E-state index contributed by atoms with van der Waals surface area (Å²) in [5, 5.41) is 15.7. The first-order valence-corrected chi connectivity index (χ1v) is 11.6. The SMILES string of the molecule is O=C(C[C@H]1C[C@@H]2c3cc(NC(=O)c4cccnc4)ccc3O[C@@H]2[C@@H](CO)O1)NCc1ccccn1. The molecule has 0 radical (unpaired) electrons. The van der Waals surface area contributed by atoms with Crippen molar-refractivity contribution < 1.29 is 24.2 Å². The monoisotopic (exact) mass is 474 g/mol. The number of hydrogen-bond donors (Lipinski definition) is 3. The van der Waals surface area contributed by atoms with Gasteiger partial charge >= 0.3 is 0 Å². The van der Waals surface area contributed by atoms with Gasteiger partial charge in [-0.2, -0.15) is 0 Å². The topological polar surface area (TPSA) is 123 Å². The van der Waals surface area contributed by atoms with Crippen molar-refractivity contribution in [3.05, 3.63) is 83.9 Å². The van der Waals surface area contributed by atoms with Crippen LogP contribution >= 0.6 is 0 Å². The second kappa shape index (κ2) is 10.2. The van der Waals surface area contributed by atoms with E-state index in [-0.39, 0.29) is 43.0 Å². The average Bonchev–Trinajstić information content (AvgIpc) is 3.26. The zero-order valence-corrected chi connectivity index (χ0v) is 19.0. The van der Waals surface area contributed by atoms with Crippen LogP contribution in [0.5, 0.6) is 5.75 Å². The van der Waals surface area contributed by atoms with Gasteiger partial charge in [-0.1, -0.05) is 6.07 Å². The van der Waals surface area contributed by atoms with Gasteiger partial charge in [0.05, 0.1) is 36.9 Å². The Balaban J connectivity index is 1.26. The first kappa shape index (κ1) is 22.9. The maximum Gasteiger partial charge on any atom is 0.257 e. The van der Waals surface area contributed by atoms with E-state index in [0.29, 0.717) is 30.0 Å². The molecule has 180 valence electrons. The summed E-state index contributed by atoms with van der Waals surface area (Å²) in [6.07, 6.45) is 4.25. The molecular weight excluding hydrogens is 448 g/mol. The van der Waals surface area contributed by atoms with Crippen LogP contribution in [0.2, 0.25) is 0 Å². The van der Waals surface area contributed by atoms with E-state index in [0.717, 1.165) is 11.3 Å². The van der Waals surface area contributed by atoms with Gasteiger partial charge in [-0.3, -0.25) is 19.6 Å². The fourth-order valence-electron chi connectivity index (χ4n) is 4.64. The maximum absolute atomic E-state index is 12.6. The molecule has 9 nitrogen and oxygen atoms in total. The van der Waals surface area contributed by atoms with E-state index in [1.807, 2.05) is 30.3 Å². The van der Waals surface area contributed by atoms with Crippen molar-refractivity contribution in [2.24, 2.45) is 0 Å². The Morgan fingerprint density at radius 2 is 2.03 bits per heavy atom. The third-order valence-corrected chi connectivity index (χ3v) is 6.29. The maximum atomic E-state index is 12.6. The Kier molecular flexibility index (Phi) is 6.69. The van der Waals surface area contributed by atoms with E-state index in [1.54, 1.807) is 30.6 Å². The normalized spacial score (nSPS) is 22.4. The molecule has 2 aliphatic rings. The summed E-state index contributed by atoms with van der Waals surface area (Å²) >= 11 is 0. The van der Waals surface area contributed by atoms with Gasteiger partial charge in [-0.15, -0.1) is 0 Å². The number of hydrogen-bond acceptors (Lipinski definition) is 7. The fraction of sp³-hybridized carbons (Fsp3) is 0.308. The number of amides is 2. The third kappa shape index (κ3) is 5.16. The highest BCUT2D eigenvalue weighted by Crippen LogP contribution is 2.47. The van der Waals surface area contributed by atoms with Crippen molar-refractivity contribution in [2.75, 3.05) is 11.9 Å². The molecule has 1 fully saturated rings. The van der Waals surface area contributed by atoms with Crippen LogP contribution in [0.4, 0.5) is 5.69 Å². The molecule has 0 unspecified atom stereocenters. The molecular formula is C26H26N4O5. The van der Waals surface area contributed by atoms with Crippen LogP contribution in [0.3, 0.4) is 0 Å². The molecule has 0 saturated carbocycles. The molecule has 5 rings (SSSR count). The summed E-state index contributed by atoms with van der Waals surface area (Å²) in [7, 11) is 0. The van der Waals surface area contributed by atoms with Crippen LogP contribution in [0, 0.1) is 0 Å². The van der Waals surface area contributed by atoms with Gasteiger partial charge in [0.2, 0.25) is 5.91 Å². The number of ether oxygens (including phenoxy) is 2. The van der Waals surface area contributed by atoms with Crippen LogP contribution in [-0.2, 0) is 16.1 Å². The number of pyridine rings is 2. The molecule has 0 aliphatic carbocycles.